The summed E-state index contributed by atoms with van der Waals surface area (Å²) in [7, 11) is 0. The Bertz CT molecular complexity index is 397. The van der Waals surface area contributed by atoms with Crippen molar-refractivity contribution in [3.05, 3.63) is 17.5 Å². The molecule has 0 aromatic carbocycles. The molecule has 1 aromatic rings. The Hall–Kier alpha value is -1.36. The summed E-state index contributed by atoms with van der Waals surface area (Å²) in [5.41, 5.74) is 0.747. The third-order valence-electron chi connectivity index (χ3n) is 3.28. The summed E-state index contributed by atoms with van der Waals surface area (Å²) in [6.45, 7) is 6.60. The number of carbonyl (C=O) groups excluding carboxylic acids is 1. The number of hydrogen-bond donors (Lipinski definition) is 1. The molecule has 1 saturated heterocycles. The van der Waals surface area contributed by atoms with E-state index in [0.29, 0.717) is 5.76 Å². The maximum absolute atomic E-state index is 12.4. The van der Waals surface area contributed by atoms with Gasteiger partial charge in [-0.3, -0.25) is 4.79 Å². The number of hydrogen-bond acceptors (Lipinski definition) is 4. The van der Waals surface area contributed by atoms with E-state index < -0.39 is 0 Å². The molecule has 0 spiro atoms. The lowest BCUT2D eigenvalue weighted by molar-refractivity contribution is 0.0607. The normalized spacial score (nSPS) is 19.8. The van der Waals surface area contributed by atoms with Crippen LogP contribution in [0.2, 0.25) is 0 Å². The molecule has 18 heavy (non-hydrogen) atoms. The van der Waals surface area contributed by atoms with Crippen molar-refractivity contribution in [1.82, 2.24) is 15.4 Å². The number of rotatable bonds is 4. The van der Waals surface area contributed by atoms with Gasteiger partial charge in [-0.1, -0.05) is 12.1 Å². The number of carbonyl (C=O) groups is 1. The molecule has 1 fully saturated rings. The Morgan fingerprint density at radius 2 is 2.50 bits per heavy atom. The van der Waals surface area contributed by atoms with Crippen LogP contribution in [0.4, 0.5) is 0 Å². The van der Waals surface area contributed by atoms with Crippen molar-refractivity contribution in [2.75, 3.05) is 19.6 Å². The van der Waals surface area contributed by atoms with E-state index in [1.807, 2.05) is 11.8 Å². The van der Waals surface area contributed by atoms with Crippen LogP contribution >= 0.6 is 0 Å². The zero-order chi connectivity index (χ0) is 13.0. The Labute approximate surface area is 108 Å². The molecule has 0 bridgehead atoms. The molecule has 1 aromatic heterocycles. The van der Waals surface area contributed by atoms with E-state index in [2.05, 4.69) is 17.4 Å². The smallest absolute Gasteiger partial charge is 0.292 e. The third-order valence-corrected chi connectivity index (χ3v) is 3.28. The van der Waals surface area contributed by atoms with Crippen molar-refractivity contribution in [3.63, 3.8) is 0 Å². The zero-order valence-corrected chi connectivity index (χ0v) is 11.1. The molecule has 0 aliphatic carbocycles. The first-order chi connectivity index (χ1) is 8.72. The topological polar surface area (TPSA) is 58.4 Å². The van der Waals surface area contributed by atoms with Crippen molar-refractivity contribution in [2.45, 2.75) is 39.2 Å². The van der Waals surface area contributed by atoms with Gasteiger partial charge in [0, 0.05) is 25.2 Å². The highest BCUT2D eigenvalue weighted by Crippen LogP contribution is 2.15. The van der Waals surface area contributed by atoms with E-state index in [0.717, 1.165) is 44.6 Å². The van der Waals surface area contributed by atoms with Gasteiger partial charge in [0.25, 0.3) is 5.91 Å². The van der Waals surface area contributed by atoms with Crippen LogP contribution < -0.4 is 5.32 Å². The highest BCUT2D eigenvalue weighted by molar-refractivity contribution is 5.91. The summed E-state index contributed by atoms with van der Waals surface area (Å²) < 4.78 is 5.08. The standard InChI is InChI=1S/C13H21N3O2/c1-3-7-16(11-5-4-6-14-9-11)13(17)12-8-10(2)15-18-12/h8,11,14H,3-7,9H2,1-2H3. The van der Waals surface area contributed by atoms with Crippen LogP contribution in [0.1, 0.15) is 42.4 Å². The number of nitrogens with one attached hydrogen (secondary N) is 1. The molecule has 2 heterocycles. The van der Waals surface area contributed by atoms with E-state index in [9.17, 15) is 4.79 Å². The van der Waals surface area contributed by atoms with Gasteiger partial charge in [-0.2, -0.15) is 0 Å². The van der Waals surface area contributed by atoms with Gasteiger partial charge in [-0.05, 0) is 32.7 Å². The summed E-state index contributed by atoms with van der Waals surface area (Å²) in [4.78, 5) is 14.3. The summed E-state index contributed by atoms with van der Waals surface area (Å²) in [5.74, 6) is 0.317. The molecule has 1 aliphatic heterocycles. The van der Waals surface area contributed by atoms with Gasteiger partial charge in [0.1, 0.15) is 0 Å². The molecule has 1 unspecified atom stereocenters. The van der Waals surface area contributed by atoms with Gasteiger partial charge in [0.05, 0.1) is 5.69 Å². The van der Waals surface area contributed by atoms with E-state index >= 15 is 0 Å². The average molecular weight is 251 g/mol. The fraction of sp³-hybridized carbons (Fsp3) is 0.692. The van der Waals surface area contributed by atoms with Crippen LogP contribution in [-0.2, 0) is 0 Å². The molecular weight excluding hydrogens is 230 g/mol. The minimum atomic E-state index is -0.0360. The van der Waals surface area contributed by atoms with Crippen LogP contribution in [0.3, 0.4) is 0 Å². The monoisotopic (exact) mass is 251 g/mol. The van der Waals surface area contributed by atoms with Crippen molar-refractivity contribution < 1.29 is 9.32 Å². The molecule has 100 valence electrons. The van der Waals surface area contributed by atoms with Gasteiger partial charge >= 0.3 is 0 Å². The highest BCUT2D eigenvalue weighted by atomic mass is 16.5. The molecule has 1 amide bonds. The summed E-state index contributed by atoms with van der Waals surface area (Å²) in [5, 5.41) is 7.13. The zero-order valence-electron chi connectivity index (χ0n) is 11.1. The fourth-order valence-corrected chi connectivity index (χ4v) is 2.40. The van der Waals surface area contributed by atoms with E-state index in [1.165, 1.54) is 0 Å². The summed E-state index contributed by atoms with van der Waals surface area (Å²) >= 11 is 0. The maximum Gasteiger partial charge on any atom is 0.292 e. The second-order valence-electron chi connectivity index (χ2n) is 4.83. The van der Waals surface area contributed by atoms with Crippen molar-refractivity contribution >= 4 is 5.91 Å². The van der Waals surface area contributed by atoms with Gasteiger partial charge in [0.15, 0.2) is 0 Å². The van der Waals surface area contributed by atoms with Crippen LogP contribution in [0.15, 0.2) is 10.6 Å². The Kier molecular flexibility index (Phi) is 4.36. The first kappa shape index (κ1) is 13.1. The van der Waals surface area contributed by atoms with Crippen molar-refractivity contribution in [2.24, 2.45) is 0 Å². The van der Waals surface area contributed by atoms with Crippen LogP contribution in [-0.4, -0.2) is 41.6 Å². The summed E-state index contributed by atoms with van der Waals surface area (Å²) in [6, 6.07) is 1.98. The lowest BCUT2D eigenvalue weighted by Gasteiger charge is -2.33. The average Bonchev–Trinajstić information content (AvgIpc) is 2.83. The SMILES string of the molecule is CCCN(C(=O)c1cc(C)no1)C1CCCNC1. The Morgan fingerprint density at radius 1 is 1.67 bits per heavy atom. The molecule has 2 rings (SSSR count). The van der Waals surface area contributed by atoms with Gasteiger partial charge in [-0.25, -0.2) is 0 Å². The Balaban J connectivity index is 2.10. The molecule has 1 atom stereocenters. The minimum absolute atomic E-state index is 0.0360. The van der Waals surface area contributed by atoms with E-state index in [-0.39, 0.29) is 11.9 Å². The molecule has 0 radical (unpaired) electrons. The maximum atomic E-state index is 12.4. The number of nitrogens with zero attached hydrogens (tertiary/aromatic N) is 2. The number of piperidine rings is 1. The lowest BCUT2D eigenvalue weighted by atomic mass is 10.1. The van der Waals surface area contributed by atoms with E-state index in [1.54, 1.807) is 6.07 Å². The largest absolute Gasteiger partial charge is 0.351 e. The number of aromatic nitrogens is 1. The molecule has 0 saturated carbocycles. The summed E-state index contributed by atoms with van der Waals surface area (Å²) in [6.07, 6.45) is 3.13. The number of amides is 1. The van der Waals surface area contributed by atoms with Gasteiger partial charge < -0.3 is 14.7 Å². The predicted octanol–water partition coefficient (Wildman–Crippen LogP) is 1.59. The molecular formula is C13H21N3O2. The van der Waals surface area contributed by atoms with Crippen molar-refractivity contribution in [1.29, 1.82) is 0 Å². The first-order valence-electron chi connectivity index (χ1n) is 6.67. The second kappa shape index (κ2) is 6.00. The first-order valence-corrected chi connectivity index (χ1v) is 6.67. The van der Waals surface area contributed by atoms with Gasteiger partial charge in [0.2, 0.25) is 5.76 Å². The quantitative estimate of drug-likeness (QED) is 0.882. The predicted molar refractivity (Wildman–Crippen MR) is 68.5 cm³/mol. The van der Waals surface area contributed by atoms with Crippen LogP contribution in [0, 0.1) is 6.92 Å². The minimum Gasteiger partial charge on any atom is -0.351 e. The van der Waals surface area contributed by atoms with Crippen LogP contribution in [0.25, 0.3) is 0 Å². The molecule has 1 N–H and O–H groups in total. The van der Waals surface area contributed by atoms with Crippen molar-refractivity contribution in [3.8, 4) is 0 Å². The number of aryl methyl sites for hydroxylation is 1. The third kappa shape index (κ3) is 2.90. The second-order valence-corrected chi connectivity index (χ2v) is 4.83. The lowest BCUT2D eigenvalue weighted by Crippen LogP contribution is -2.48. The van der Waals surface area contributed by atoms with E-state index in [4.69, 9.17) is 4.52 Å². The molecule has 1 aliphatic rings. The van der Waals surface area contributed by atoms with Crippen LogP contribution in [0.5, 0.6) is 0 Å². The molecule has 5 heteroatoms. The fourth-order valence-electron chi connectivity index (χ4n) is 2.40. The Morgan fingerprint density at radius 3 is 3.06 bits per heavy atom. The van der Waals surface area contributed by atoms with Gasteiger partial charge in [-0.15, -0.1) is 0 Å². The molecule has 5 nitrogen and oxygen atoms in total. The highest BCUT2D eigenvalue weighted by Gasteiger charge is 2.27.